The van der Waals surface area contributed by atoms with Gasteiger partial charge in [0.15, 0.2) is 5.13 Å². The molecule has 3 aliphatic rings. The highest BCUT2D eigenvalue weighted by atomic mass is 32.1. The highest BCUT2D eigenvalue weighted by Gasteiger charge is 2.36. The van der Waals surface area contributed by atoms with Gasteiger partial charge in [-0.05, 0) is 50.4 Å². The van der Waals surface area contributed by atoms with Crippen molar-refractivity contribution in [2.24, 2.45) is 5.92 Å². The summed E-state index contributed by atoms with van der Waals surface area (Å²) >= 11 is 1.96. The molecule has 0 unspecified atom stereocenters. The number of thiazole rings is 1. The molecule has 3 nitrogen and oxygen atoms in total. The molecule has 1 aromatic rings. The number of nitrogens with one attached hydrogen (secondary N) is 1. The van der Waals surface area contributed by atoms with E-state index in [0.717, 1.165) is 24.5 Å². The molecule has 3 aliphatic carbocycles. The van der Waals surface area contributed by atoms with Gasteiger partial charge in [0.05, 0.1) is 5.69 Å². The van der Waals surface area contributed by atoms with Gasteiger partial charge in [0.2, 0.25) is 0 Å². The van der Waals surface area contributed by atoms with Crippen molar-refractivity contribution in [3.8, 4) is 0 Å². The van der Waals surface area contributed by atoms with Gasteiger partial charge >= 0.3 is 0 Å². The van der Waals surface area contributed by atoms with Gasteiger partial charge in [0, 0.05) is 30.1 Å². The Hall–Kier alpha value is -0.610. The van der Waals surface area contributed by atoms with E-state index in [1.165, 1.54) is 60.8 Å². The van der Waals surface area contributed by atoms with Gasteiger partial charge in [-0.3, -0.25) is 0 Å². The highest BCUT2D eigenvalue weighted by Crippen LogP contribution is 2.40. The van der Waals surface area contributed by atoms with Gasteiger partial charge in [-0.15, -0.1) is 11.3 Å². The van der Waals surface area contributed by atoms with E-state index >= 15 is 0 Å². The Morgan fingerprint density at radius 2 is 1.95 bits per heavy atom. The van der Waals surface area contributed by atoms with Gasteiger partial charge in [-0.25, -0.2) is 4.98 Å². The zero-order valence-electron chi connectivity index (χ0n) is 13.3. The predicted molar refractivity (Wildman–Crippen MR) is 89.2 cm³/mol. The van der Waals surface area contributed by atoms with Crippen molar-refractivity contribution in [2.75, 3.05) is 11.4 Å². The van der Waals surface area contributed by atoms with E-state index in [2.05, 4.69) is 24.1 Å². The van der Waals surface area contributed by atoms with E-state index < -0.39 is 0 Å². The van der Waals surface area contributed by atoms with Crippen LogP contribution in [0.5, 0.6) is 0 Å². The zero-order chi connectivity index (χ0) is 14.4. The van der Waals surface area contributed by atoms with Crippen LogP contribution >= 0.6 is 11.3 Å². The van der Waals surface area contributed by atoms with Crippen LogP contribution in [0.15, 0.2) is 0 Å². The molecule has 4 rings (SSSR count). The topological polar surface area (TPSA) is 28.2 Å². The van der Waals surface area contributed by atoms with E-state index in [-0.39, 0.29) is 0 Å². The molecular weight excluding hydrogens is 278 g/mol. The van der Waals surface area contributed by atoms with Crippen molar-refractivity contribution in [1.29, 1.82) is 0 Å². The predicted octanol–water partition coefficient (Wildman–Crippen LogP) is 3.90. The quantitative estimate of drug-likeness (QED) is 0.789. The van der Waals surface area contributed by atoms with Crippen LogP contribution in [0, 0.1) is 5.92 Å². The highest BCUT2D eigenvalue weighted by molar-refractivity contribution is 7.15. The molecule has 21 heavy (non-hydrogen) atoms. The number of hydrogen-bond donors (Lipinski definition) is 1. The molecule has 1 N–H and O–H groups in total. The van der Waals surface area contributed by atoms with Crippen LogP contribution in [0.1, 0.15) is 68.9 Å². The SMILES string of the molecule is CC(C)c1nc(N(CC2CC2)C2CC2)sc1CNC1CC1. The lowest BCUT2D eigenvalue weighted by Gasteiger charge is -2.21. The van der Waals surface area contributed by atoms with Crippen LogP contribution in [-0.4, -0.2) is 23.6 Å². The molecule has 4 heteroatoms. The van der Waals surface area contributed by atoms with E-state index in [4.69, 9.17) is 4.98 Å². The lowest BCUT2D eigenvalue weighted by atomic mass is 10.1. The van der Waals surface area contributed by atoms with Crippen LogP contribution in [0.25, 0.3) is 0 Å². The molecule has 0 bridgehead atoms. The number of aromatic nitrogens is 1. The molecule has 0 saturated heterocycles. The zero-order valence-corrected chi connectivity index (χ0v) is 14.1. The third-order valence-electron chi connectivity index (χ3n) is 4.78. The van der Waals surface area contributed by atoms with Crippen molar-refractivity contribution in [3.63, 3.8) is 0 Å². The van der Waals surface area contributed by atoms with Gasteiger partial charge in [0.25, 0.3) is 0 Å². The number of nitrogens with zero attached hydrogens (tertiary/aromatic N) is 2. The normalized spacial score (nSPS) is 22.0. The van der Waals surface area contributed by atoms with Crippen LogP contribution in [0.2, 0.25) is 0 Å². The molecule has 0 atom stereocenters. The average Bonchev–Trinajstić information content (AvgIpc) is 3.31. The first-order valence-electron chi connectivity index (χ1n) is 8.70. The van der Waals surface area contributed by atoms with Gasteiger partial charge in [-0.1, -0.05) is 13.8 Å². The first kappa shape index (κ1) is 14.0. The summed E-state index contributed by atoms with van der Waals surface area (Å²) in [7, 11) is 0. The largest absolute Gasteiger partial charge is 0.345 e. The maximum absolute atomic E-state index is 5.05. The molecule has 0 aromatic carbocycles. The van der Waals surface area contributed by atoms with E-state index in [0.29, 0.717) is 5.92 Å². The summed E-state index contributed by atoms with van der Waals surface area (Å²) in [5.41, 5.74) is 1.34. The molecule has 1 aromatic heterocycles. The average molecular weight is 305 g/mol. The maximum Gasteiger partial charge on any atom is 0.186 e. The Bertz CT molecular complexity index is 498. The van der Waals surface area contributed by atoms with Crippen LogP contribution in [0.3, 0.4) is 0 Å². The molecule has 3 fully saturated rings. The van der Waals surface area contributed by atoms with Gasteiger partial charge in [-0.2, -0.15) is 0 Å². The Balaban J connectivity index is 1.52. The second kappa shape index (κ2) is 5.54. The standard InChI is InChI=1S/C17H27N3S/c1-11(2)16-15(9-18-13-5-6-13)21-17(19-16)20(14-7-8-14)10-12-3-4-12/h11-14,18H,3-10H2,1-2H3. The van der Waals surface area contributed by atoms with Crippen molar-refractivity contribution in [1.82, 2.24) is 10.3 Å². The third-order valence-corrected chi connectivity index (χ3v) is 5.89. The molecule has 0 radical (unpaired) electrons. The molecule has 3 saturated carbocycles. The van der Waals surface area contributed by atoms with Crippen molar-refractivity contribution < 1.29 is 0 Å². The molecule has 0 aliphatic heterocycles. The Labute approximate surface area is 132 Å². The van der Waals surface area contributed by atoms with Crippen molar-refractivity contribution in [3.05, 3.63) is 10.6 Å². The smallest absolute Gasteiger partial charge is 0.186 e. The minimum Gasteiger partial charge on any atom is -0.345 e. The number of rotatable bonds is 8. The maximum atomic E-state index is 5.05. The first-order chi connectivity index (χ1) is 10.2. The minimum absolute atomic E-state index is 0.535. The summed E-state index contributed by atoms with van der Waals surface area (Å²) < 4.78 is 0. The van der Waals surface area contributed by atoms with Crippen LogP contribution in [-0.2, 0) is 6.54 Å². The van der Waals surface area contributed by atoms with E-state index in [1.54, 1.807) is 0 Å². The fourth-order valence-electron chi connectivity index (χ4n) is 2.92. The van der Waals surface area contributed by atoms with Gasteiger partial charge in [0.1, 0.15) is 0 Å². The Morgan fingerprint density at radius 3 is 2.52 bits per heavy atom. The fraction of sp³-hybridized carbons (Fsp3) is 0.824. The molecule has 0 amide bonds. The number of anilines is 1. The molecule has 0 spiro atoms. The number of hydrogen-bond acceptors (Lipinski definition) is 4. The lowest BCUT2D eigenvalue weighted by molar-refractivity contribution is 0.679. The van der Waals surface area contributed by atoms with E-state index in [9.17, 15) is 0 Å². The molecule has 1 heterocycles. The lowest BCUT2D eigenvalue weighted by Crippen LogP contribution is -2.27. The summed E-state index contributed by atoms with van der Waals surface area (Å²) in [6.07, 6.45) is 8.33. The first-order valence-corrected chi connectivity index (χ1v) is 9.52. The Kier molecular flexibility index (Phi) is 3.70. The van der Waals surface area contributed by atoms with Crippen molar-refractivity contribution >= 4 is 16.5 Å². The van der Waals surface area contributed by atoms with Crippen molar-refractivity contribution in [2.45, 2.75) is 76.9 Å². The summed E-state index contributed by atoms with van der Waals surface area (Å²) in [5.74, 6) is 1.48. The molecular formula is C17H27N3S. The Morgan fingerprint density at radius 1 is 1.19 bits per heavy atom. The second-order valence-electron chi connectivity index (χ2n) is 7.44. The summed E-state index contributed by atoms with van der Waals surface area (Å²) in [5, 5.41) is 4.98. The summed E-state index contributed by atoms with van der Waals surface area (Å²) in [6.45, 7) is 6.84. The second-order valence-corrected chi connectivity index (χ2v) is 8.50. The van der Waals surface area contributed by atoms with E-state index in [1.807, 2.05) is 11.3 Å². The van der Waals surface area contributed by atoms with Gasteiger partial charge < -0.3 is 10.2 Å². The third kappa shape index (κ3) is 3.42. The summed E-state index contributed by atoms with van der Waals surface area (Å²) in [4.78, 5) is 9.17. The van der Waals surface area contributed by atoms with Crippen LogP contribution in [0.4, 0.5) is 5.13 Å². The monoisotopic (exact) mass is 305 g/mol. The summed E-state index contributed by atoms with van der Waals surface area (Å²) in [6, 6.07) is 1.57. The minimum atomic E-state index is 0.535. The van der Waals surface area contributed by atoms with Crippen LogP contribution < -0.4 is 10.2 Å². The molecule has 116 valence electrons. The fourth-order valence-corrected chi connectivity index (χ4v) is 4.17.